The molecule has 3 N–H and O–H groups in total. The second-order valence-corrected chi connectivity index (χ2v) is 11.5. The van der Waals surface area contributed by atoms with Gasteiger partial charge in [0, 0.05) is 12.0 Å². The van der Waals surface area contributed by atoms with E-state index in [-0.39, 0.29) is 25.4 Å². The van der Waals surface area contributed by atoms with Crippen LogP contribution < -0.4 is 15.3 Å². The van der Waals surface area contributed by atoms with Crippen LogP contribution in [0.2, 0.25) is 0 Å². The summed E-state index contributed by atoms with van der Waals surface area (Å²) in [6, 6.07) is 15.1. The van der Waals surface area contributed by atoms with Gasteiger partial charge in [0.2, 0.25) is 0 Å². The second-order valence-electron chi connectivity index (χ2n) is 9.84. The van der Waals surface area contributed by atoms with E-state index >= 15 is 0 Å². The number of ether oxygens (including phenoxy) is 2. The summed E-state index contributed by atoms with van der Waals surface area (Å²) in [6.07, 6.45) is 0.263. The number of rotatable bonds is 14. The Morgan fingerprint density at radius 3 is 2.44 bits per heavy atom. The Labute approximate surface area is 239 Å². The SMILES string of the molecule is CCOCc1nc2c(N)nc3ccccc3c2n1[C@H](CC)CO[P@@](=O)(N[C@@H](C)C(=O)OC(C)C)Oc1ccccc1. The molecule has 4 rings (SSSR count). The van der Waals surface area contributed by atoms with Crippen molar-refractivity contribution in [3.8, 4) is 5.75 Å². The first-order valence-corrected chi connectivity index (χ1v) is 15.3. The zero-order chi connectivity index (χ0) is 29.6. The van der Waals surface area contributed by atoms with Gasteiger partial charge in [0.1, 0.15) is 29.7 Å². The van der Waals surface area contributed by atoms with Crippen LogP contribution in [-0.2, 0) is 30.0 Å². The van der Waals surface area contributed by atoms with Crippen molar-refractivity contribution in [1.82, 2.24) is 19.6 Å². The van der Waals surface area contributed by atoms with Crippen molar-refractivity contribution >= 4 is 41.5 Å². The maximum atomic E-state index is 14.1. The van der Waals surface area contributed by atoms with E-state index in [0.717, 1.165) is 16.4 Å². The molecule has 0 fully saturated rings. The van der Waals surface area contributed by atoms with E-state index in [2.05, 4.69) is 10.1 Å². The van der Waals surface area contributed by atoms with E-state index in [4.69, 9.17) is 29.2 Å². The van der Waals surface area contributed by atoms with Gasteiger partial charge in [-0.1, -0.05) is 43.3 Å². The molecular formula is C29H38N5O6P. The lowest BCUT2D eigenvalue weighted by Crippen LogP contribution is -2.36. The molecular weight excluding hydrogens is 545 g/mol. The number of para-hydroxylation sites is 2. The molecule has 2 heterocycles. The fourth-order valence-corrected chi connectivity index (χ4v) is 5.98. The number of fused-ring (bicyclic) bond motifs is 3. The number of nitrogens with zero attached hydrogens (tertiary/aromatic N) is 3. The number of benzene rings is 2. The molecule has 0 aliphatic heterocycles. The monoisotopic (exact) mass is 583 g/mol. The van der Waals surface area contributed by atoms with Gasteiger partial charge in [-0.3, -0.25) is 9.32 Å². The number of hydrogen-bond donors (Lipinski definition) is 2. The molecule has 41 heavy (non-hydrogen) atoms. The fourth-order valence-electron chi connectivity index (χ4n) is 4.45. The molecule has 0 aliphatic carbocycles. The maximum Gasteiger partial charge on any atom is 0.459 e. The predicted molar refractivity (Wildman–Crippen MR) is 159 cm³/mol. The molecule has 2 aromatic carbocycles. The first-order valence-electron chi connectivity index (χ1n) is 13.8. The zero-order valence-electron chi connectivity index (χ0n) is 24.1. The Morgan fingerprint density at radius 1 is 1.05 bits per heavy atom. The number of hydrogen-bond acceptors (Lipinski definition) is 9. The number of nitrogen functional groups attached to an aromatic ring is 1. The number of carbonyl (C=O) groups excluding carboxylic acids is 1. The number of esters is 1. The van der Waals surface area contributed by atoms with Crippen molar-refractivity contribution in [1.29, 1.82) is 0 Å². The third-order valence-electron chi connectivity index (χ3n) is 6.36. The molecule has 0 radical (unpaired) electrons. The van der Waals surface area contributed by atoms with E-state index in [1.54, 1.807) is 45.0 Å². The Bertz CT molecular complexity index is 1530. The molecule has 11 nitrogen and oxygen atoms in total. The Hall–Kier alpha value is -3.50. The van der Waals surface area contributed by atoms with E-state index in [0.29, 0.717) is 35.9 Å². The minimum absolute atomic E-state index is 0.0271. The molecule has 2 aromatic heterocycles. The lowest BCUT2D eigenvalue weighted by Gasteiger charge is -2.26. The Kier molecular flexibility index (Phi) is 9.99. The average molecular weight is 584 g/mol. The van der Waals surface area contributed by atoms with E-state index < -0.39 is 19.8 Å². The minimum atomic E-state index is -4.07. The lowest BCUT2D eigenvalue weighted by molar-refractivity contribution is -0.149. The number of pyridine rings is 1. The van der Waals surface area contributed by atoms with E-state index in [1.807, 2.05) is 48.7 Å². The van der Waals surface area contributed by atoms with Gasteiger partial charge >= 0.3 is 13.7 Å². The Morgan fingerprint density at radius 2 is 1.76 bits per heavy atom. The number of imidazole rings is 1. The van der Waals surface area contributed by atoms with E-state index in [9.17, 15) is 9.36 Å². The summed E-state index contributed by atoms with van der Waals surface area (Å²) in [5.41, 5.74) is 8.42. The van der Waals surface area contributed by atoms with Crippen LogP contribution in [0.4, 0.5) is 5.82 Å². The summed E-state index contributed by atoms with van der Waals surface area (Å²) in [7, 11) is -4.07. The normalized spacial score (nSPS) is 14.7. The first-order chi connectivity index (χ1) is 19.7. The van der Waals surface area contributed by atoms with Crippen LogP contribution in [0.25, 0.3) is 21.9 Å². The van der Waals surface area contributed by atoms with Crippen LogP contribution in [-0.4, -0.2) is 45.9 Å². The van der Waals surface area contributed by atoms with Gasteiger partial charge < -0.3 is 24.3 Å². The van der Waals surface area contributed by atoms with Crippen molar-refractivity contribution in [2.24, 2.45) is 0 Å². The summed E-state index contributed by atoms with van der Waals surface area (Å²) in [5, 5.41) is 3.63. The van der Waals surface area contributed by atoms with Crippen LogP contribution in [0.3, 0.4) is 0 Å². The summed E-state index contributed by atoms with van der Waals surface area (Å²) >= 11 is 0. The highest BCUT2D eigenvalue weighted by atomic mass is 31.2. The van der Waals surface area contributed by atoms with E-state index in [1.165, 1.54) is 0 Å². The molecule has 3 atom stereocenters. The van der Waals surface area contributed by atoms with Gasteiger partial charge in [0.15, 0.2) is 5.82 Å². The number of anilines is 1. The molecule has 0 saturated carbocycles. The molecule has 4 aromatic rings. The third-order valence-corrected chi connectivity index (χ3v) is 8.01. The number of nitrogens with one attached hydrogen (secondary N) is 1. The van der Waals surface area contributed by atoms with Crippen LogP contribution in [0.5, 0.6) is 5.75 Å². The van der Waals surface area contributed by atoms with Gasteiger partial charge in [-0.25, -0.2) is 14.5 Å². The minimum Gasteiger partial charge on any atom is -0.462 e. The van der Waals surface area contributed by atoms with Crippen LogP contribution in [0.1, 0.15) is 52.9 Å². The standard InChI is InChI=1S/C29H38N5O6P/c1-6-21(17-38-41(36,40-22-13-9-8-10-14-22)33-20(5)29(35)39-19(3)4)34-25(18-37-7-2)32-26-27(34)23-15-11-12-16-24(23)31-28(26)30/h8-16,19-21H,6-7,17-18H2,1-5H3,(H2,30,31)(H,33,36)/t20-,21+,41-/m0/s1. The summed E-state index contributed by atoms with van der Waals surface area (Å²) in [5.74, 6) is 0.711. The average Bonchev–Trinajstić information content (AvgIpc) is 3.32. The molecule has 0 aliphatic rings. The summed E-state index contributed by atoms with van der Waals surface area (Å²) in [4.78, 5) is 21.9. The fraction of sp³-hybridized carbons (Fsp3) is 0.414. The third kappa shape index (κ3) is 7.23. The zero-order valence-corrected chi connectivity index (χ0v) is 25.0. The second kappa shape index (κ2) is 13.4. The topological polar surface area (TPSA) is 140 Å². The predicted octanol–water partition coefficient (Wildman–Crippen LogP) is 5.79. The highest BCUT2D eigenvalue weighted by Gasteiger charge is 2.34. The lowest BCUT2D eigenvalue weighted by atomic mass is 10.1. The summed E-state index contributed by atoms with van der Waals surface area (Å²) < 4.78 is 39.1. The van der Waals surface area contributed by atoms with Crippen molar-refractivity contribution in [3.05, 3.63) is 60.4 Å². The highest BCUT2D eigenvalue weighted by molar-refractivity contribution is 7.52. The smallest absolute Gasteiger partial charge is 0.459 e. The molecule has 0 unspecified atom stereocenters. The molecule has 0 saturated heterocycles. The van der Waals surface area contributed by atoms with Crippen LogP contribution in [0, 0.1) is 0 Å². The molecule has 0 amide bonds. The largest absolute Gasteiger partial charge is 0.462 e. The molecule has 0 spiro atoms. The van der Waals surface area contributed by atoms with Crippen molar-refractivity contribution in [2.45, 2.75) is 65.8 Å². The van der Waals surface area contributed by atoms with Crippen LogP contribution >= 0.6 is 7.75 Å². The molecule has 220 valence electrons. The van der Waals surface area contributed by atoms with Gasteiger partial charge in [0.05, 0.1) is 29.8 Å². The van der Waals surface area contributed by atoms with Gasteiger partial charge in [-0.2, -0.15) is 5.09 Å². The quantitative estimate of drug-likeness (QED) is 0.138. The Balaban J connectivity index is 1.72. The number of nitrogens with two attached hydrogens (primary N) is 1. The van der Waals surface area contributed by atoms with Crippen molar-refractivity contribution in [2.75, 3.05) is 18.9 Å². The van der Waals surface area contributed by atoms with Gasteiger partial charge in [0.25, 0.3) is 0 Å². The highest BCUT2D eigenvalue weighted by Crippen LogP contribution is 2.46. The number of carbonyl (C=O) groups is 1. The van der Waals surface area contributed by atoms with Gasteiger partial charge in [-0.15, -0.1) is 0 Å². The summed E-state index contributed by atoms with van der Waals surface area (Å²) in [6.45, 7) is 9.66. The number of aromatic nitrogens is 3. The molecule has 0 bridgehead atoms. The maximum absolute atomic E-state index is 14.1. The van der Waals surface area contributed by atoms with Crippen LogP contribution in [0.15, 0.2) is 54.6 Å². The first kappa shape index (κ1) is 30.5. The molecule has 12 heteroatoms. The van der Waals surface area contributed by atoms with Crippen molar-refractivity contribution in [3.63, 3.8) is 0 Å². The van der Waals surface area contributed by atoms with Gasteiger partial charge in [-0.05, 0) is 52.3 Å². The van der Waals surface area contributed by atoms with Crippen molar-refractivity contribution < 1.29 is 27.9 Å².